The predicted octanol–water partition coefficient (Wildman–Crippen LogP) is 1.03. The molecule has 0 aliphatic rings. The highest BCUT2D eigenvalue weighted by Crippen LogP contribution is 2.25. The number of carbonyl (C=O) groups is 2. The number of unbranched alkanes of at least 4 members (excludes halogenated alkanes) is 1. The van der Waals surface area contributed by atoms with Crippen molar-refractivity contribution in [1.29, 1.82) is 0 Å². The van der Waals surface area contributed by atoms with Gasteiger partial charge in [-0.25, -0.2) is 4.98 Å². The number of nitrogens with two attached hydrogens (primary N) is 1. The minimum Gasteiger partial charge on any atom is -0.370 e. The van der Waals surface area contributed by atoms with Gasteiger partial charge < -0.3 is 11.1 Å². The van der Waals surface area contributed by atoms with Crippen LogP contribution in [0.5, 0.6) is 0 Å². The van der Waals surface area contributed by atoms with Crippen LogP contribution in [0.25, 0.3) is 0 Å². The molecule has 0 spiro atoms. The molecule has 108 valence electrons. The molecule has 9 heteroatoms. The lowest BCUT2D eigenvalue weighted by Crippen LogP contribution is -2.25. The van der Waals surface area contributed by atoms with Crippen LogP contribution in [0.15, 0.2) is 12.3 Å². The lowest BCUT2D eigenvalue weighted by atomic mass is 10.2. The van der Waals surface area contributed by atoms with Crippen molar-refractivity contribution in [3.8, 4) is 0 Å². The summed E-state index contributed by atoms with van der Waals surface area (Å²) in [5, 5.41) is 13.0. The Labute approximate surface area is 119 Å². The van der Waals surface area contributed by atoms with Gasteiger partial charge in [0.15, 0.2) is 0 Å². The Morgan fingerprint density at radius 2 is 2.15 bits per heavy atom. The van der Waals surface area contributed by atoms with Crippen molar-refractivity contribution in [2.45, 2.75) is 19.3 Å². The van der Waals surface area contributed by atoms with E-state index in [1.807, 2.05) is 0 Å². The van der Waals surface area contributed by atoms with Crippen LogP contribution in [-0.2, 0) is 4.79 Å². The van der Waals surface area contributed by atoms with E-state index in [2.05, 4.69) is 10.3 Å². The summed E-state index contributed by atoms with van der Waals surface area (Å²) in [6.07, 6.45) is 2.53. The first-order chi connectivity index (χ1) is 9.43. The highest BCUT2D eigenvalue weighted by molar-refractivity contribution is 6.32. The molecule has 1 heterocycles. The number of nitro groups is 1. The van der Waals surface area contributed by atoms with Gasteiger partial charge in [-0.05, 0) is 18.9 Å². The number of amides is 2. The van der Waals surface area contributed by atoms with E-state index in [9.17, 15) is 19.7 Å². The van der Waals surface area contributed by atoms with Crippen LogP contribution in [0.2, 0.25) is 5.15 Å². The molecular weight excluding hydrogens is 288 g/mol. The summed E-state index contributed by atoms with van der Waals surface area (Å²) >= 11 is 5.60. The fourth-order valence-electron chi connectivity index (χ4n) is 1.51. The molecule has 0 unspecified atom stereocenters. The molecule has 0 aliphatic carbocycles. The smallest absolute Gasteiger partial charge is 0.319 e. The molecule has 0 aromatic carbocycles. The molecule has 0 saturated carbocycles. The van der Waals surface area contributed by atoms with E-state index in [4.69, 9.17) is 17.3 Å². The van der Waals surface area contributed by atoms with Crippen LogP contribution >= 0.6 is 11.6 Å². The minimum absolute atomic E-state index is 0.148. The summed E-state index contributed by atoms with van der Waals surface area (Å²) in [4.78, 5) is 36.0. The van der Waals surface area contributed by atoms with Crippen molar-refractivity contribution in [3.05, 3.63) is 33.1 Å². The van der Waals surface area contributed by atoms with Gasteiger partial charge in [-0.3, -0.25) is 19.7 Å². The predicted molar refractivity (Wildman–Crippen MR) is 71.3 cm³/mol. The molecule has 0 atom stereocenters. The second-order valence-electron chi connectivity index (χ2n) is 3.93. The lowest BCUT2D eigenvalue weighted by Gasteiger charge is -2.05. The van der Waals surface area contributed by atoms with Crippen molar-refractivity contribution in [2.75, 3.05) is 6.54 Å². The molecule has 8 nitrogen and oxygen atoms in total. The van der Waals surface area contributed by atoms with E-state index >= 15 is 0 Å². The third-order valence-corrected chi connectivity index (χ3v) is 2.72. The molecule has 1 aromatic rings. The molecule has 1 rings (SSSR count). The first-order valence-corrected chi connectivity index (χ1v) is 6.16. The van der Waals surface area contributed by atoms with E-state index in [0.29, 0.717) is 12.8 Å². The third-order valence-electron chi connectivity index (χ3n) is 2.44. The molecule has 0 fully saturated rings. The van der Waals surface area contributed by atoms with Gasteiger partial charge in [0.05, 0.1) is 4.92 Å². The number of rotatable bonds is 7. The summed E-state index contributed by atoms with van der Waals surface area (Å²) in [7, 11) is 0. The van der Waals surface area contributed by atoms with E-state index in [1.165, 1.54) is 12.3 Å². The largest absolute Gasteiger partial charge is 0.370 e. The van der Waals surface area contributed by atoms with Crippen LogP contribution in [0.1, 0.15) is 29.6 Å². The molecule has 2 amide bonds. The third kappa shape index (κ3) is 4.47. The van der Waals surface area contributed by atoms with Gasteiger partial charge in [0.2, 0.25) is 11.1 Å². The Morgan fingerprint density at radius 3 is 2.75 bits per heavy atom. The lowest BCUT2D eigenvalue weighted by molar-refractivity contribution is -0.385. The summed E-state index contributed by atoms with van der Waals surface area (Å²) < 4.78 is 0. The number of nitrogens with one attached hydrogen (secondary N) is 1. The second kappa shape index (κ2) is 7.39. The van der Waals surface area contributed by atoms with Crippen LogP contribution in [0, 0.1) is 10.1 Å². The normalized spacial score (nSPS) is 10.1. The molecule has 0 aliphatic heterocycles. The molecule has 20 heavy (non-hydrogen) atoms. The van der Waals surface area contributed by atoms with Crippen molar-refractivity contribution in [1.82, 2.24) is 10.3 Å². The van der Waals surface area contributed by atoms with Gasteiger partial charge in [0.25, 0.3) is 5.91 Å². The van der Waals surface area contributed by atoms with Crippen LogP contribution < -0.4 is 11.1 Å². The average molecular weight is 301 g/mol. The number of hydrogen-bond acceptors (Lipinski definition) is 5. The Bertz CT molecular complexity index is 535. The number of aromatic nitrogens is 1. The summed E-state index contributed by atoms with van der Waals surface area (Å²) in [6, 6.07) is 1.22. The minimum atomic E-state index is -0.753. The van der Waals surface area contributed by atoms with Crippen molar-refractivity contribution in [3.63, 3.8) is 0 Å². The standard InChI is InChI=1S/C11H13ClN4O4/c12-10-9(16(19)20)7(4-6-14-10)11(18)15-5-2-1-3-8(13)17/h4,6H,1-3,5H2,(H2,13,17)(H,15,18). The highest BCUT2D eigenvalue weighted by Gasteiger charge is 2.24. The Morgan fingerprint density at radius 1 is 1.45 bits per heavy atom. The van der Waals surface area contributed by atoms with Crippen LogP contribution in [0.3, 0.4) is 0 Å². The van der Waals surface area contributed by atoms with E-state index in [-0.39, 0.29) is 23.7 Å². The monoisotopic (exact) mass is 300 g/mol. The molecule has 3 N–H and O–H groups in total. The van der Waals surface area contributed by atoms with Gasteiger partial charge in [-0.2, -0.15) is 0 Å². The molecule has 0 bridgehead atoms. The number of halogens is 1. The maximum atomic E-state index is 11.8. The summed E-state index contributed by atoms with van der Waals surface area (Å²) in [6.45, 7) is 0.281. The number of carbonyl (C=O) groups excluding carboxylic acids is 2. The number of nitrogens with zero attached hydrogens (tertiary/aromatic N) is 2. The zero-order valence-corrected chi connectivity index (χ0v) is 11.2. The summed E-state index contributed by atoms with van der Waals surface area (Å²) in [5.74, 6) is -1.02. The van der Waals surface area contributed by atoms with Gasteiger partial charge in [0, 0.05) is 19.2 Å². The fraction of sp³-hybridized carbons (Fsp3) is 0.364. The van der Waals surface area contributed by atoms with Gasteiger partial charge in [-0.1, -0.05) is 11.6 Å². The van der Waals surface area contributed by atoms with Gasteiger partial charge in [-0.15, -0.1) is 0 Å². The van der Waals surface area contributed by atoms with E-state index in [0.717, 1.165) is 0 Å². The first-order valence-electron chi connectivity index (χ1n) is 5.79. The maximum absolute atomic E-state index is 11.8. The highest BCUT2D eigenvalue weighted by atomic mass is 35.5. The van der Waals surface area contributed by atoms with Crippen molar-refractivity contribution >= 4 is 29.1 Å². The number of primary amides is 1. The Hall–Kier alpha value is -2.22. The number of hydrogen-bond donors (Lipinski definition) is 2. The summed E-state index contributed by atoms with van der Waals surface area (Å²) in [5.41, 5.74) is 4.30. The van der Waals surface area contributed by atoms with Crippen molar-refractivity contribution < 1.29 is 14.5 Å². The van der Waals surface area contributed by atoms with Gasteiger partial charge in [0.1, 0.15) is 5.56 Å². The molecule has 0 radical (unpaired) electrons. The molecular formula is C11H13ClN4O4. The van der Waals surface area contributed by atoms with E-state index in [1.54, 1.807) is 0 Å². The Kier molecular flexibility index (Phi) is 5.85. The van der Waals surface area contributed by atoms with Crippen LogP contribution in [-0.4, -0.2) is 28.3 Å². The number of pyridine rings is 1. The molecule has 1 aromatic heterocycles. The van der Waals surface area contributed by atoms with Gasteiger partial charge >= 0.3 is 5.69 Å². The fourth-order valence-corrected chi connectivity index (χ4v) is 1.73. The average Bonchev–Trinajstić information content (AvgIpc) is 2.36. The zero-order chi connectivity index (χ0) is 15.1. The van der Waals surface area contributed by atoms with Crippen LogP contribution in [0.4, 0.5) is 5.69 Å². The second-order valence-corrected chi connectivity index (χ2v) is 4.29. The first kappa shape index (κ1) is 15.8. The van der Waals surface area contributed by atoms with Crippen molar-refractivity contribution in [2.24, 2.45) is 5.73 Å². The molecule has 0 saturated heterocycles. The maximum Gasteiger partial charge on any atom is 0.319 e. The zero-order valence-electron chi connectivity index (χ0n) is 10.5. The van der Waals surface area contributed by atoms with E-state index < -0.39 is 22.4 Å². The SMILES string of the molecule is NC(=O)CCCCNC(=O)c1ccnc(Cl)c1[N+](=O)[O-]. The topological polar surface area (TPSA) is 128 Å². The Balaban J connectivity index is 2.62. The quantitative estimate of drug-likeness (QED) is 0.336.